The Hall–Kier alpha value is -3.01. The molecule has 0 bridgehead atoms. The molecule has 0 amide bonds. The van der Waals surface area contributed by atoms with Gasteiger partial charge in [0.15, 0.2) is 11.5 Å². The number of hydrogen-bond donors (Lipinski definition) is 0. The number of rotatable bonds is 7. The van der Waals surface area contributed by atoms with E-state index in [0.29, 0.717) is 34.8 Å². The normalized spacial score (nSPS) is 11.2. The van der Waals surface area contributed by atoms with Crippen molar-refractivity contribution in [2.45, 2.75) is 20.5 Å². The molecule has 5 heteroatoms. The number of ether oxygens (including phenoxy) is 2. The molecular weight excluding hydrogens is 441 g/mol. The fourth-order valence-corrected chi connectivity index (χ4v) is 3.89. The van der Waals surface area contributed by atoms with Crippen LogP contribution in [0.5, 0.6) is 11.5 Å². The minimum atomic E-state index is 0.385. The summed E-state index contributed by atoms with van der Waals surface area (Å²) in [6.45, 7) is 4.77. The van der Waals surface area contributed by atoms with Crippen molar-refractivity contribution in [1.82, 2.24) is 0 Å². The van der Waals surface area contributed by atoms with Crippen LogP contribution < -0.4 is 9.47 Å². The molecule has 0 unspecified atom stereocenters. The summed E-state index contributed by atoms with van der Waals surface area (Å²) in [4.78, 5) is 4.51. The van der Waals surface area contributed by atoms with Crippen molar-refractivity contribution < 1.29 is 9.47 Å². The summed E-state index contributed by atoms with van der Waals surface area (Å²) in [5.41, 5.74) is 3.68. The molecule has 0 aliphatic heterocycles. The lowest BCUT2D eigenvalue weighted by Crippen LogP contribution is -2.02. The van der Waals surface area contributed by atoms with E-state index in [2.05, 4.69) is 29.3 Å². The van der Waals surface area contributed by atoms with Crippen LogP contribution in [0.1, 0.15) is 23.6 Å². The highest BCUT2D eigenvalue weighted by atomic mass is 35.5. The molecule has 0 spiro atoms. The highest BCUT2D eigenvalue weighted by Gasteiger charge is 2.13. The highest BCUT2D eigenvalue weighted by molar-refractivity contribution is 6.32. The largest absolute Gasteiger partial charge is 0.490 e. The first-order valence-electron chi connectivity index (χ1n) is 10.4. The Kier molecular flexibility index (Phi) is 6.99. The molecule has 4 aromatic rings. The Bertz CT molecular complexity index is 1280. The zero-order valence-corrected chi connectivity index (χ0v) is 19.5. The van der Waals surface area contributed by atoms with Crippen LogP contribution in [0.25, 0.3) is 10.8 Å². The zero-order valence-electron chi connectivity index (χ0n) is 17.9. The Balaban J connectivity index is 1.59. The average Bonchev–Trinajstić information content (AvgIpc) is 2.79. The van der Waals surface area contributed by atoms with Gasteiger partial charge >= 0.3 is 0 Å². The molecule has 0 atom stereocenters. The average molecular weight is 464 g/mol. The van der Waals surface area contributed by atoms with Crippen molar-refractivity contribution in [3.63, 3.8) is 0 Å². The van der Waals surface area contributed by atoms with E-state index in [4.69, 9.17) is 32.7 Å². The summed E-state index contributed by atoms with van der Waals surface area (Å²) in [7, 11) is 0. The van der Waals surface area contributed by atoms with Gasteiger partial charge < -0.3 is 9.47 Å². The van der Waals surface area contributed by atoms with E-state index >= 15 is 0 Å². The summed E-state index contributed by atoms with van der Waals surface area (Å²) in [6.07, 6.45) is 1.74. The van der Waals surface area contributed by atoms with Gasteiger partial charge in [-0.15, -0.1) is 0 Å². The molecule has 0 radical (unpaired) electrons. The maximum Gasteiger partial charge on any atom is 0.180 e. The molecular formula is C27H23Cl2NO2. The second-order valence-corrected chi connectivity index (χ2v) is 8.20. The number of halogens is 2. The molecule has 162 valence electrons. The topological polar surface area (TPSA) is 30.8 Å². The minimum absolute atomic E-state index is 0.385. The van der Waals surface area contributed by atoms with Crippen LogP contribution in [0.4, 0.5) is 5.69 Å². The Morgan fingerprint density at radius 1 is 0.875 bits per heavy atom. The second-order valence-electron chi connectivity index (χ2n) is 7.38. The lowest BCUT2D eigenvalue weighted by atomic mass is 10.1. The number of hydrogen-bond acceptors (Lipinski definition) is 3. The van der Waals surface area contributed by atoms with Crippen LogP contribution in [-0.4, -0.2) is 12.8 Å². The molecule has 3 nitrogen and oxygen atoms in total. The zero-order chi connectivity index (χ0) is 22.5. The van der Waals surface area contributed by atoms with Crippen LogP contribution >= 0.6 is 23.2 Å². The van der Waals surface area contributed by atoms with Gasteiger partial charge in [-0.1, -0.05) is 71.7 Å². The molecule has 4 aromatic carbocycles. The van der Waals surface area contributed by atoms with E-state index in [-0.39, 0.29) is 0 Å². The van der Waals surface area contributed by atoms with Crippen LogP contribution in [-0.2, 0) is 6.61 Å². The Labute approximate surface area is 198 Å². The standard InChI is InChI=1S/C27H23Cl2NO2/c1-3-31-26-14-19(16-30-22-12-11-18(2)24(28)15-22)13-25(29)27(26)32-17-21-9-6-8-20-7-4-5-10-23(20)21/h4-16H,3,17H2,1-2H3. The molecule has 0 saturated heterocycles. The molecule has 0 fully saturated rings. The maximum atomic E-state index is 6.59. The van der Waals surface area contributed by atoms with Gasteiger partial charge in [0.2, 0.25) is 0 Å². The van der Waals surface area contributed by atoms with Gasteiger partial charge in [0.05, 0.1) is 17.3 Å². The maximum absolute atomic E-state index is 6.59. The molecule has 0 aliphatic carbocycles. The fraction of sp³-hybridized carbons (Fsp3) is 0.148. The van der Waals surface area contributed by atoms with Crippen molar-refractivity contribution in [2.75, 3.05) is 6.61 Å². The van der Waals surface area contributed by atoms with Gasteiger partial charge in [-0.3, -0.25) is 4.99 Å². The van der Waals surface area contributed by atoms with Gasteiger partial charge in [0.25, 0.3) is 0 Å². The third-order valence-electron chi connectivity index (χ3n) is 5.10. The van der Waals surface area contributed by atoms with Crippen molar-refractivity contribution in [1.29, 1.82) is 0 Å². The molecule has 32 heavy (non-hydrogen) atoms. The molecule has 0 aliphatic rings. The lowest BCUT2D eigenvalue weighted by Gasteiger charge is -2.15. The van der Waals surface area contributed by atoms with Crippen LogP contribution in [0.15, 0.2) is 77.8 Å². The van der Waals surface area contributed by atoms with E-state index in [0.717, 1.165) is 27.8 Å². The summed E-state index contributed by atoms with van der Waals surface area (Å²) in [5, 5.41) is 3.49. The summed E-state index contributed by atoms with van der Waals surface area (Å²) in [5.74, 6) is 1.11. The molecule has 0 saturated carbocycles. The molecule has 0 aromatic heterocycles. The van der Waals surface area contributed by atoms with Gasteiger partial charge in [-0.2, -0.15) is 0 Å². The number of fused-ring (bicyclic) bond motifs is 1. The number of aliphatic imine (C=N–C) groups is 1. The molecule has 4 rings (SSSR count). The summed E-state index contributed by atoms with van der Waals surface area (Å²) in [6, 6.07) is 23.8. The predicted molar refractivity (Wildman–Crippen MR) is 134 cm³/mol. The van der Waals surface area contributed by atoms with Crippen LogP contribution in [0.2, 0.25) is 10.0 Å². The highest BCUT2D eigenvalue weighted by Crippen LogP contribution is 2.37. The smallest absolute Gasteiger partial charge is 0.180 e. The lowest BCUT2D eigenvalue weighted by molar-refractivity contribution is 0.270. The predicted octanol–water partition coefficient (Wildman–Crippen LogP) is 8.18. The SMILES string of the molecule is CCOc1cc(C=Nc2ccc(C)c(Cl)c2)cc(Cl)c1OCc1cccc2ccccc12. The van der Waals surface area contributed by atoms with Crippen molar-refractivity contribution in [3.05, 3.63) is 99.5 Å². The van der Waals surface area contributed by atoms with E-state index in [1.807, 2.05) is 62.4 Å². The van der Waals surface area contributed by atoms with E-state index in [1.165, 1.54) is 5.39 Å². The van der Waals surface area contributed by atoms with Crippen LogP contribution in [0, 0.1) is 6.92 Å². The summed E-state index contributed by atoms with van der Waals surface area (Å²) >= 11 is 12.8. The van der Waals surface area contributed by atoms with Gasteiger partial charge in [-0.05, 0) is 65.6 Å². The Morgan fingerprint density at radius 3 is 2.50 bits per heavy atom. The number of benzene rings is 4. The van der Waals surface area contributed by atoms with Crippen molar-refractivity contribution in [3.8, 4) is 11.5 Å². The number of aryl methyl sites for hydroxylation is 1. The second kappa shape index (κ2) is 10.1. The first kappa shape index (κ1) is 22.2. The quantitative estimate of drug-likeness (QED) is 0.258. The van der Waals surface area contributed by atoms with E-state index in [9.17, 15) is 0 Å². The van der Waals surface area contributed by atoms with Gasteiger partial charge in [0.1, 0.15) is 6.61 Å². The van der Waals surface area contributed by atoms with E-state index in [1.54, 1.807) is 6.21 Å². The molecule has 0 heterocycles. The van der Waals surface area contributed by atoms with Gasteiger partial charge in [0, 0.05) is 11.2 Å². The third-order valence-corrected chi connectivity index (χ3v) is 5.79. The van der Waals surface area contributed by atoms with E-state index < -0.39 is 0 Å². The minimum Gasteiger partial charge on any atom is -0.490 e. The third kappa shape index (κ3) is 5.07. The fourth-order valence-electron chi connectivity index (χ4n) is 3.44. The number of nitrogens with zero attached hydrogens (tertiary/aromatic N) is 1. The van der Waals surface area contributed by atoms with Gasteiger partial charge in [-0.25, -0.2) is 0 Å². The molecule has 0 N–H and O–H groups in total. The van der Waals surface area contributed by atoms with Crippen LogP contribution in [0.3, 0.4) is 0 Å². The summed E-state index contributed by atoms with van der Waals surface area (Å²) < 4.78 is 12.0. The Morgan fingerprint density at radius 2 is 1.69 bits per heavy atom. The van der Waals surface area contributed by atoms with Crippen molar-refractivity contribution in [2.24, 2.45) is 4.99 Å². The van der Waals surface area contributed by atoms with Crippen molar-refractivity contribution >= 4 is 45.9 Å². The first-order chi connectivity index (χ1) is 15.5. The first-order valence-corrected chi connectivity index (χ1v) is 11.2. The monoisotopic (exact) mass is 463 g/mol.